The van der Waals surface area contributed by atoms with Crippen LogP contribution in [-0.4, -0.2) is 9.38 Å². The molecule has 1 unspecified atom stereocenters. The second kappa shape index (κ2) is 4.28. The molecule has 2 rings (SSSR count). The molecule has 2 heterocycles. The van der Waals surface area contributed by atoms with Crippen LogP contribution in [0.25, 0.3) is 5.52 Å². The first-order valence-corrected chi connectivity index (χ1v) is 6.12. The van der Waals surface area contributed by atoms with E-state index in [1.807, 2.05) is 0 Å². The zero-order chi connectivity index (χ0) is 11.7. The standard InChI is InChI=1S/C14H20N2/c1-5-11(4)14-15-13(10(2)3)12-8-6-7-9-16(12)14/h6-11H,5H2,1-4H3. The molecule has 0 radical (unpaired) electrons. The van der Waals surface area contributed by atoms with Crippen LogP contribution in [0.3, 0.4) is 0 Å². The van der Waals surface area contributed by atoms with E-state index in [1.54, 1.807) is 0 Å². The average molecular weight is 216 g/mol. The van der Waals surface area contributed by atoms with Gasteiger partial charge in [-0.25, -0.2) is 4.98 Å². The second-order valence-corrected chi connectivity index (χ2v) is 4.78. The van der Waals surface area contributed by atoms with E-state index in [0.29, 0.717) is 11.8 Å². The Hall–Kier alpha value is -1.31. The lowest BCUT2D eigenvalue weighted by Crippen LogP contribution is -1.98. The normalized spacial score (nSPS) is 13.6. The Morgan fingerprint density at radius 3 is 2.62 bits per heavy atom. The number of hydrogen-bond donors (Lipinski definition) is 0. The Morgan fingerprint density at radius 1 is 1.25 bits per heavy atom. The minimum atomic E-state index is 0.482. The summed E-state index contributed by atoms with van der Waals surface area (Å²) in [6.45, 7) is 8.86. The summed E-state index contributed by atoms with van der Waals surface area (Å²) in [5.41, 5.74) is 2.48. The molecule has 0 saturated carbocycles. The fourth-order valence-electron chi connectivity index (χ4n) is 2.04. The Kier molecular flexibility index (Phi) is 2.99. The summed E-state index contributed by atoms with van der Waals surface area (Å²) < 4.78 is 2.24. The number of pyridine rings is 1. The van der Waals surface area contributed by atoms with E-state index >= 15 is 0 Å². The molecule has 0 saturated heterocycles. The highest BCUT2D eigenvalue weighted by atomic mass is 15.0. The lowest BCUT2D eigenvalue weighted by atomic mass is 10.1. The highest BCUT2D eigenvalue weighted by Gasteiger charge is 2.16. The molecule has 0 aliphatic carbocycles. The molecule has 0 spiro atoms. The van der Waals surface area contributed by atoms with Gasteiger partial charge in [0, 0.05) is 12.1 Å². The first-order chi connectivity index (χ1) is 7.65. The van der Waals surface area contributed by atoms with Gasteiger partial charge in [0.25, 0.3) is 0 Å². The van der Waals surface area contributed by atoms with Crippen molar-refractivity contribution in [2.45, 2.75) is 46.0 Å². The van der Waals surface area contributed by atoms with Gasteiger partial charge in [0.1, 0.15) is 5.82 Å². The van der Waals surface area contributed by atoms with Crippen LogP contribution in [0, 0.1) is 0 Å². The van der Waals surface area contributed by atoms with E-state index in [4.69, 9.17) is 4.98 Å². The number of hydrogen-bond acceptors (Lipinski definition) is 1. The highest BCUT2D eigenvalue weighted by molar-refractivity contribution is 5.54. The van der Waals surface area contributed by atoms with E-state index in [1.165, 1.54) is 17.0 Å². The van der Waals surface area contributed by atoms with Crippen LogP contribution in [0.15, 0.2) is 24.4 Å². The van der Waals surface area contributed by atoms with Gasteiger partial charge in [0.15, 0.2) is 0 Å². The molecule has 0 amide bonds. The molecule has 86 valence electrons. The van der Waals surface area contributed by atoms with Crippen LogP contribution in [0.2, 0.25) is 0 Å². The van der Waals surface area contributed by atoms with Crippen molar-refractivity contribution < 1.29 is 0 Å². The van der Waals surface area contributed by atoms with Gasteiger partial charge < -0.3 is 4.40 Å². The summed E-state index contributed by atoms with van der Waals surface area (Å²) in [7, 11) is 0. The van der Waals surface area contributed by atoms with Gasteiger partial charge in [-0.2, -0.15) is 0 Å². The van der Waals surface area contributed by atoms with E-state index in [2.05, 4.69) is 56.5 Å². The van der Waals surface area contributed by atoms with E-state index in [-0.39, 0.29) is 0 Å². The summed E-state index contributed by atoms with van der Waals surface area (Å²) >= 11 is 0. The van der Waals surface area contributed by atoms with Crippen LogP contribution in [0.1, 0.15) is 57.5 Å². The van der Waals surface area contributed by atoms with Crippen molar-refractivity contribution in [3.63, 3.8) is 0 Å². The number of rotatable bonds is 3. The van der Waals surface area contributed by atoms with Crippen molar-refractivity contribution in [1.29, 1.82) is 0 Å². The molecule has 2 aromatic heterocycles. The highest BCUT2D eigenvalue weighted by Crippen LogP contribution is 2.26. The molecule has 0 aliphatic rings. The Labute approximate surface area is 97.3 Å². The molecule has 0 bridgehead atoms. The predicted octanol–water partition coefficient (Wildman–Crippen LogP) is 3.97. The predicted molar refractivity (Wildman–Crippen MR) is 68.0 cm³/mol. The lowest BCUT2D eigenvalue weighted by molar-refractivity contribution is 0.670. The minimum absolute atomic E-state index is 0.482. The van der Waals surface area contributed by atoms with Crippen molar-refractivity contribution in [3.8, 4) is 0 Å². The van der Waals surface area contributed by atoms with Crippen molar-refractivity contribution in [1.82, 2.24) is 9.38 Å². The maximum Gasteiger partial charge on any atom is 0.116 e. The van der Waals surface area contributed by atoms with Crippen LogP contribution in [0.4, 0.5) is 0 Å². The van der Waals surface area contributed by atoms with Gasteiger partial charge in [-0.15, -0.1) is 0 Å². The molecule has 2 nitrogen and oxygen atoms in total. The molecule has 1 atom stereocenters. The third-order valence-electron chi connectivity index (χ3n) is 3.20. The number of aromatic nitrogens is 2. The van der Waals surface area contributed by atoms with Crippen molar-refractivity contribution in [3.05, 3.63) is 35.9 Å². The Morgan fingerprint density at radius 2 is 2.00 bits per heavy atom. The van der Waals surface area contributed by atoms with Crippen molar-refractivity contribution in [2.24, 2.45) is 0 Å². The fraction of sp³-hybridized carbons (Fsp3) is 0.500. The summed E-state index contributed by atoms with van der Waals surface area (Å²) in [6, 6.07) is 6.32. The molecular formula is C14H20N2. The van der Waals surface area contributed by atoms with Gasteiger partial charge in [0.05, 0.1) is 11.2 Å². The number of nitrogens with zero attached hydrogens (tertiary/aromatic N) is 2. The molecule has 0 aromatic carbocycles. The summed E-state index contributed by atoms with van der Waals surface area (Å²) in [5.74, 6) is 2.19. The average Bonchev–Trinajstić information content (AvgIpc) is 2.67. The van der Waals surface area contributed by atoms with E-state index < -0.39 is 0 Å². The number of fused-ring (bicyclic) bond motifs is 1. The summed E-state index contributed by atoms with van der Waals surface area (Å²) in [6.07, 6.45) is 3.25. The summed E-state index contributed by atoms with van der Waals surface area (Å²) in [5, 5.41) is 0. The van der Waals surface area contributed by atoms with Crippen LogP contribution in [-0.2, 0) is 0 Å². The van der Waals surface area contributed by atoms with Crippen molar-refractivity contribution in [2.75, 3.05) is 0 Å². The molecule has 0 aliphatic heterocycles. The fourth-order valence-corrected chi connectivity index (χ4v) is 2.04. The Bertz CT molecular complexity index is 482. The zero-order valence-corrected chi connectivity index (χ0v) is 10.6. The first kappa shape index (κ1) is 11.2. The molecular weight excluding hydrogens is 196 g/mol. The maximum atomic E-state index is 4.82. The topological polar surface area (TPSA) is 17.3 Å². The van der Waals surface area contributed by atoms with Gasteiger partial charge >= 0.3 is 0 Å². The quantitative estimate of drug-likeness (QED) is 0.758. The molecule has 16 heavy (non-hydrogen) atoms. The summed E-state index contributed by atoms with van der Waals surface area (Å²) in [4.78, 5) is 4.82. The van der Waals surface area contributed by atoms with Crippen LogP contribution < -0.4 is 0 Å². The Balaban J connectivity index is 2.66. The minimum Gasteiger partial charge on any atom is -0.303 e. The van der Waals surface area contributed by atoms with Crippen molar-refractivity contribution >= 4 is 5.52 Å². The molecule has 0 fully saturated rings. The monoisotopic (exact) mass is 216 g/mol. The van der Waals surface area contributed by atoms with Gasteiger partial charge in [-0.3, -0.25) is 0 Å². The van der Waals surface area contributed by atoms with Gasteiger partial charge in [-0.05, 0) is 24.5 Å². The number of imidazole rings is 1. The lowest BCUT2D eigenvalue weighted by Gasteiger charge is -2.06. The van der Waals surface area contributed by atoms with Crippen LogP contribution >= 0.6 is 0 Å². The molecule has 2 aromatic rings. The smallest absolute Gasteiger partial charge is 0.116 e. The van der Waals surface area contributed by atoms with E-state index in [9.17, 15) is 0 Å². The van der Waals surface area contributed by atoms with Crippen LogP contribution in [0.5, 0.6) is 0 Å². The maximum absolute atomic E-state index is 4.82. The van der Waals surface area contributed by atoms with E-state index in [0.717, 1.165) is 6.42 Å². The first-order valence-electron chi connectivity index (χ1n) is 6.12. The largest absolute Gasteiger partial charge is 0.303 e. The third kappa shape index (κ3) is 1.73. The van der Waals surface area contributed by atoms with Gasteiger partial charge in [-0.1, -0.05) is 33.8 Å². The third-order valence-corrected chi connectivity index (χ3v) is 3.20. The molecule has 0 N–H and O–H groups in total. The second-order valence-electron chi connectivity index (χ2n) is 4.78. The molecule has 2 heteroatoms. The zero-order valence-electron chi connectivity index (χ0n) is 10.6. The SMILES string of the molecule is CCC(C)c1nc(C(C)C)c2ccccn12. The van der Waals surface area contributed by atoms with Gasteiger partial charge in [0.2, 0.25) is 0 Å².